The number of rotatable bonds is 5. The van der Waals surface area contributed by atoms with Crippen molar-refractivity contribution in [2.45, 2.75) is 6.54 Å². The second-order valence-electron chi connectivity index (χ2n) is 3.92. The van der Waals surface area contributed by atoms with E-state index in [2.05, 4.69) is 16.0 Å². The number of anilines is 1. The van der Waals surface area contributed by atoms with E-state index in [0.29, 0.717) is 11.5 Å². The first-order valence-corrected chi connectivity index (χ1v) is 6.49. The molecule has 0 saturated heterocycles. The summed E-state index contributed by atoms with van der Waals surface area (Å²) in [4.78, 5) is 22.0. The first kappa shape index (κ1) is 13.2. The van der Waals surface area contributed by atoms with Crippen LogP contribution in [-0.2, 0) is 11.3 Å². The van der Waals surface area contributed by atoms with Gasteiger partial charge in [-0.3, -0.25) is 0 Å². The molecule has 0 unspecified atom stereocenters. The number of hydrogen-bond acceptors (Lipinski definition) is 5. The van der Waals surface area contributed by atoms with Crippen LogP contribution in [0.15, 0.2) is 36.0 Å². The number of nitrogens with zero attached hydrogens (tertiary/aromatic N) is 3. The first-order chi connectivity index (χ1) is 9.15. The number of aliphatic carboxylic acids is 1. The lowest BCUT2D eigenvalue weighted by atomic mass is 10.3. The summed E-state index contributed by atoms with van der Waals surface area (Å²) in [5.41, 5.74) is 0.663. The summed E-state index contributed by atoms with van der Waals surface area (Å²) in [6.45, 7) is 0.752. The van der Waals surface area contributed by atoms with Gasteiger partial charge in [-0.25, -0.2) is 14.8 Å². The summed E-state index contributed by atoms with van der Waals surface area (Å²) in [6, 6.07) is 4.07. The SMILES string of the molecule is CN(Cc1cccs1)c1ncc(/C=C/C(=O)O)cn1. The van der Waals surface area contributed by atoms with Crippen LogP contribution in [0.3, 0.4) is 0 Å². The predicted molar refractivity (Wildman–Crippen MR) is 75.1 cm³/mol. The topological polar surface area (TPSA) is 66.3 Å². The number of carboxylic acid groups (broad SMARTS) is 1. The van der Waals surface area contributed by atoms with Crippen molar-refractivity contribution in [3.05, 3.63) is 46.4 Å². The molecule has 6 heteroatoms. The Labute approximate surface area is 114 Å². The molecule has 1 N–H and O–H groups in total. The Balaban J connectivity index is 2.03. The van der Waals surface area contributed by atoms with Gasteiger partial charge in [0.25, 0.3) is 0 Å². The maximum atomic E-state index is 10.4. The van der Waals surface area contributed by atoms with E-state index in [0.717, 1.165) is 12.6 Å². The highest BCUT2D eigenvalue weighted by Crippen LogP contribution is 2.14. The van der Waals surface area contributed by atoms with Crippen molar-refractivity contribution < 1.29 is 9.90 Å². The van der Waals surface area contributed by atoms with Crippen LogP contribution in [0.5, 0.6) is 0 Å². The molecule has 98 valence electrons. The summed E-state index contributed by atoms with van der Waals surface area (Å²) >= 11 is 1.69. The number of thiophene rings is 1. The van der Waals surface area contributed by atoms with Crippen LogP contribution in [0.4, 0.5) is 5.95 Å². The van der Waals surface area contributed by atoms with E-state index in [9.17, 15) is 4.79 Å². The van der Waals surface area contributed by atoms with E-state index in [-0.39, 0.29) is 0 Å². The molecule has 2 heterocycles. The number of carboxylic acids is 1. The molecule has 19 heavy (non-hydrogen) atoms. The minimum atomic E-state index is -0.987. The zero-order valence-corrected chi connectivity index (χ0v) is 11.2. The van der Waals surface area contributed by atoms with E-state index in [1.54, 1.807) is 23.7 Å². The van der Waals surface area contributed by atoms with Crippen molar-refractivity contribution in [3.63, 3.8) is 0 Å². The van der Waals surface area contributed by atoms with E-state index in [1.165, 1.54) is 11.0 Å². The fourth-order valence-corrected chi connectivity index (χ4v) is 2.25. The zero-order chi connectivity index (χ0) is 13.7. The number of carbonyl (C=O) groups is 1. The van der Waals surface area contributed by atoms with Gasteiger partial charge in [-0.05, 0) is 17.5 Å². The third-order valence-electron chi connectivity index (χ3n) is 2.39. The van der Waals surface area contributed by atoms with Gasteiger partial charge >= 0.3 is 5.97 Å². The van der Waals surface area contributed by atoms with Crippen LogP contribution in [0.25, 0.3) is 6.08 Å². The standard InChI is InChI=1S/C13H13N3O2S/c1-16(9-11-3-2-6-19-11)13-14-7-10(8-15-13)4-5-12(17)18/h2-8H,9H2,1H3,(H,17,18)/b5-4+. The van der Waals surface area contributed by atoms with E-state index < -0.39 is 5.97 Å². The average molecular weight is 275 g/mol. The monoisotopic (exact) mass is 275 g/mol. The minimum Gasteiger partial charge on any atom is -0.478 e. The largest absolute Gasteiger partial charge is 0.478 e. The van der Waals surface area contributed by atoms with Crippen molar-refractivity contribution >= 4 is 29.3 Å². The second kappa shape index (κ2) is 6.10. The number of hydrogen-bond donors (Lipinski definition) is 1. The lowest BCUT2D eigenvalue weighted by Gasteiger charge is -2.15. The van der Waals surface area contributed by atoms with Gasteiger partial charge in [0, 0.05) is 36.0 Å². The summed E-state index contributed by atoms with van der Waals surface area (Å²) in [7, 11) is 1.92. The highest BCUT2D eigenvalue weighted by Gasteiger charge is 2.05. The Kier molecular flexibility index (Phi) is 4.25. The van der Waals surface area contributed by atoms with Crippen LogP contribution in [0, 0.1) is 0 Å². The molecule has 0 aromatic carbocycles. The summed E-state index contributed by atoms with van der Waals surface area (Å²) in [5, 5.41) is 10.6. The Morgan fingerprint density at radius 2 is 2.21 bits per heavy atom. The van der Waals surface area contributed by atoms with Gasteiger partial charge in [0.1, 0.15) is 0 Å². The van der Waals surface area contributed by atoms with Gasteiger partial charge in [-0.15, -0.1) is 11.3 Å². The van der Waals surface area contributed by atoms with Crippen molar-refractivity contribution in [1.82, 2.24) is 9.97 Å². The average Bonchev–Trinajstić information content (AvgIpc) is 2.89. The van der Waals surface area contributed by atoms with Crippen LogP contribution in [-0.4, -0.2) is 28.1 Å². The number of aromatic nitrogens is 2. The van der Waals surface area contributed by atoms with Gasteiger partial charge in [-0.1, -0.05) is 6.07 Å². The molecule has 2 rings (SSSR count). The Morgan fingerprint density at radius 1 is 1.47 bits per heavy atom. The molecule has 0 fully saturated rings. The van der Waals surface area contributed by atoms with E-state index >= 15 is 0 Å². The fourth-order valence-electron chi connectivity index (χ4n) is 1.49. The second-order valence-corrected chi connectivity index (χ2v) is 4.96. The molecule has 0 spiro atoms. The van der Waals surface area contributed by atoms with Crippen molar-refractivity contribution in [3.8, 4) is 0 Å². The molecule has 0 aliphatic carbocycles. The highest BCUT2D eigenvalue weighted by atomic mass is 32.1. The highest BCUT2D eigenvalue weighted by molar-refractivity contribution is 7.09. The molecule has 2 aromatic heterocycles. The Hall–Kier alpha value is -2.21. The molecule has 0 aliphatic rings. The smallest absolute Gasteiger partial charge is 0.328 e. The van der Waals surface area contributed by atoms with Crippen molar-refractivity contribution in [1.29, 1.82) is 0 Å². The summed E-state index contributed by atoms with van der Waals surface area (Å²) in [6.07, 6.45) is 5.73. The summed E-state index contributed by atoms with van der Waals surface area (Å²) < 4.78 is 0. The Bertz CT molecular complexity index is 564. The third-order valence-corrected chi connectivity index (χ3v) is 3.25. The maximum absolute atomic E-state index is 10.4. The van der Waals surface area contributed by atoms with Gasteiger partial charge in [-0.2, -0.15) is 0 Å². The molecule has 0 saturated carbocycles. The third kappa shape index (κ3) is 3.89. The molecule has 0 amide bonds. The maximum Gasteiger partial charge on any atom is 0.328 e. The van der Waals surface area contributed by atoms with Crippen LogP contribution in [0.2, 0.25) is 0 Å². The lowest BCUT2D eigenvalue weighted by Crippen LogP contribution is -2.18. The molecule has 0 bridgehead atoms. The van der Waals surface area contributed by atoms with Gasteiger partial charge < -0.3 is 10.0 Å². The van der Waals surface area contributed by atoms with Gasteiger partial charge in [0.2, 0.25) is 5.95 Å². The zero-order valence-electron chi connectivity index (χ0n) is 10.4. The molecule has 0 radical (unpaired) electrons. The predicted octanol–water partition coefficient (Wildman–Crippen LogP) is 2.27. The van der Waals surface area contributed by atoms with Crippen LogP contribution >= 0.6 is 11.3 Å². The fraction of sp³-hybridized carbons (Fsp3) is 0.154. The van der Waals surface area contributed by atoms with E-state index in [1.807, 2.05) is 23.4 Å². The van der Waals surface area contributed by atoms with Gasteiger partial charge in [0.05, 0.1) is 6.54 Å². The first-order valence-electron chi connectivity index (χ1n) is 5.62. The molecule has 0 atom stereocenters. The molecule has 5 nitrogen and oxygen atoms in total. The normalized spacial score (nSPS) is 10.8. The van der Waals surface area contributed by atoms with Gasteiger partial charge in [0.15, 0.2) is 0 Å². The lowest BCUT2D eigenvalue weighted by molar-refractivity contribution is -0.131. The van der Waals surface area contributed by atoms with Crippen molar-refractivity contribution in [2.75, 3.05) is 11.9 Å². The van der Waals surface area contributed by atoms with Crippen LogP contribution < -0.4 is 4.90 Å². The molecular weight excluding hydrogens is 262 g/mol. The summed E-state index contributed by atoms with van der Waals surface area (Å²) in [5.74, 6) is -0.375. The van der Waals surface area contributed by atoms with E-state index in [4.69, 9.17) is 5.11 Å². The Morgan fingerprint density at radius 3 is 2.79 bits per heavy atom. The quantitative estimate of drug-likeness (QED) is 0.848. The molecule has 2 aromatic rings. The van der Waals surface area contributed by atoms with Crippen molar-refractivity contribution in [2.24, 2.45) is 0 Å². The molecular formula is C13H13N3O2S. The van der Waals surface area contributed by atoms with Crippen LogP contribution in [0.1, 0.15) is 10.4 Å². The molecule has 0 aliphatic heterocycles. The minimum absolute atomic E-state index is 0.612.